The van der Waals surface area contributed by atoms with Crippen molar-refractivity contribution in [3.63, 3.8) is 0 Å². The molecule has 148 valence electrons. The number of aromatic nitrogens is 1. The van der Waals surface area contributed by atoms with Crippen LogP contribution in [0.1, 0.15) is 18.9 Å². The summed E-state index contributed by atoms with van der Waals surface area (Å²) in [5.41, 5.74) is 2.53. The number of non-ortho nitro benzene ring substituents is 1. The maximum absolute atomic E-state index is 12.7. The van der Waals surface area contributed by atoms with Gasteiger partial charge in [0.2, 0.25) is 11.8 Å². The second kappa shape index (κ2) is 7.59. The van der Waals surface area contributed by atoms with Crippen molar-refractivity contribution in [1.29, 1.82) is 0 Å². The van der Waals surface area contributed by atoms with E-state index in [1.165, 1.54) is 29.0 Å². The van der Waals surface area contributed by atoms with Gasteiger partial charge in [-0.2, -0.15) is 0 Å². The summed E-state index contributed by atoms with van der Waals surface area (Å²) < 4.78 is 0.620. The quantitative estimate of drug-likeness (QED) is 0.509. The number of carbonyl (C=O) groups excluding carboxylic acids is 2. The monoisotopic (exact) mass is 410 g/mol. The molecular formula is C20H18N4O4S. The predicted molar refractivity (Wildman–Crippen MR) is 111 cm³/mol. The molecule has 1 N–H and O–H groups in total. The molecule has 0 aliphatic carbocycles. The lowest BCUT2D eigenvalue weighted by Crippen LogP contribution is -2.28. The number of nitrogens with zero attached hydrogens (tertiary/aromatic N) is 3. The molecule has 1 saturated heterocycles. The second-order valence-corrected chi connectivity index (χ2v) is 7.87. The molecule has 9 heteroatoms. The number of fused-ring (bicyclic) bond motifs is 1. The van der Waals surface area contributed by atoms with Gasteiger partial charge in [0.1, 0.15) is 0 Å². The van der Waals surface area contributed by atoms with Gasteiger partial charge in [-0.1, -0.05) is 30.4 Å². The largest absolute Gasteiger partial charge is 0.312 e. The van der Waals surface area contributed by atoms with Crippen LogP contribution in [0.2, 0.25) is 0 Å². The first-order valence-corrected chi connectivity index (χ1v) is 10.0. The molecule has 1 unspecified atom stereocenters. The Morgan fingerprint density at radius 2 is 2.07 bits per heavy atom. The molecule has 3 aromatic rings. The number of hydrogen-bond donors (Lipinski definition) is 1. The Balaban J connectivity index is 1.46. The SMILES string of the molecule is CCc1ccc(N2CC(C(=O)Nc3nc4ccc([N+](=O)[O-])cc4s3)CC2=O)cc1. The highest BCUT2D eigenvalue weighted by molar-refractivity contribution is 7.22. The first kappa shape index (κ1) is 19.0. The van der Waals surface area contributed by atoms with Gasteiger partial charge < -0.3 is 10.2 Å². The van der Waals surface area contributed by atoms with E-state index in [-0.39, 0.29) is 23.9 Å². The van der Waals surface area contributed by atoms with Crippen LogP contribution in [0.25, 0.3) is 10.2 Å². The zero-order valence-corrected chi connectivity index (χ0v) is 16.4. The van der Waals surface area contributed by atoms with Crippen LogP contribution in [-0.4, -0.2) is 28.3 Å². The topological polar surface area (TPSA) is 105 Å². The van der Waals surface area contributed by atoms with E-state index in [1.54, 1.807) is 11.0 Å². The lowest BCUT2D eigenvalue weighted by atomic mass is 10.1. The first-order chi connectivity index (χ1) is 13.9. The van der Waals surface area contributed by atoms with Crippen molar-refractivity contribution in [3.05, 3.63) is 58.1 Å². The lowest BCUT2D eigenvalue weighted by molar-refractivity contribution is -0.384. The molecule has 8 nitrogen and oxygen atoms in total. The predicted octanol–water partition coefficient (Wildman–Crippen LogP) is 3.76. The molecule has 1 aliphatic heterocycles. The van der Waals surface area contributed by atoms with Gasteiger partial charge in [0.05, 0.1) is 21.1 Å². The molecule has 29 heavy (non-hydrogen) atoms. The maximum atomic E-state index is 12.7. The van der Waals surface area contributed by atoms with Gasteiger partial charge in [-0.25, -0.2) is 4.98 Å². The van der Waals surface area contributed by atoms with Gasteiger partial charge in [-0.3, -0.25) is 19.7 Å². The number of nitrogens with one attached hydrogen (secondary N) is 1. The summed E-state index contributed by atoms with van der Waals surface area (Å²) in [7, 11) is 0. The van der Waals surface area contributed by atoms with E-state index in [0.29, 0.717) is 21.9 Å². The Morgan fingerprint density at radius 3 is 2.76 bits per heavy atom. The maximum Gasteiger partial charge on any atom is 0.270 e. The lowest BCUT2D eigenvalue weighted by Gasteiger charge is -2.17. The average molecular weight is 410 g/mol. The Labute approximate surface area is 170 Å². The number of thiazole rings is 1. The van der Waals surface area contributed by atoms with E-state index in [2.05, 4.69) is 17.2 Å². The van der Waals surface area contributed by atoms with Crippen LogP contribution in [0.4, 0.5) is 16.5 Å². The smallest absolute Gasteiger partial charge is 0.270 e. The van der Waals surface area contributed by atoms with Gasteiger partial charge >= 0.3 is 0 Å². The van der Waals surface area contributed by atoms with Crippen LogP contribution < -0.4 is 10.2 Å². The van der Waals surface area contributed by atoms with Crippen molar-refractivity contribution in [2.24, 2.45) is 5.92 Å². The summed E-state index contributed by atoms with van der Waals surface area (Å²) >= 11 is 1.17. The fraction of sp³-hybridized carbons (Fsp3) is 0.250. The van der Waals surface area contributed by atoms with Crippen molar-refractivity contribution >= 4 is 49.9 Å². The summed E-state index contributed by atoms with van der Waals surface area (Å²) in [6.07, 6.45) is 1.06. The van der Waals surface area contributed by atoms with Crippen molar-refractivity contribution in [2.75, 3.05) is 16.8 Å². The fourth-order valence-corrected chi connectivity index (χ4v) is 4.23. The third-order valence-corrected chi connectivity index (χ3v) is 5.90. The Bertz CT molecular complexity index is 1110. The van der Waals surface area contributed by atoms with Crippen molar-refractivity contribution in [2.45, 2.75) is 19.8 Å². The molecule has 2 amide bonds. The molecule has 0 radical (unpaired) electrons. The number of anilines is 2. The molecular weight excluding hydrogens is 392 g/mol. The molecule has 0 bridgehead atoms. The van der Waals surface area contributed by atoms with E-state index in [4.69, 9.17) is 0 Å². The van der Waals surface area contributed by atoms with Crippen LogP contribution in [-0.2, 0) is 16.0 Å². The standard InChI is InChI=1S/C20H18N4O4S/c1-2-12-3-5-14(6-4-12)23-11-13(9-18(23)25)19(26)22-20-21-16-8-7-15(24(27)28)10-17(16)29-20/h3-8,10,13H,2,9,11H2,1H3,(H,21,22,26). The number of carbonyl (C=O) groups is 2. The Hall–Kier alpha value is -3.33. The average Bonchev–Trinajstić information content (AvgIpc) is 3.30. The van der Waals surface area contributed by atoms with E-state index in [1.807, 2.05) is 24.3 Å². The number of rotatable bonds is 5. The zero-order valence-electron chi connectivity index (χ0n) is 15.6. The third-order valence-electron chi connectivity index (χ3n) is 4.97. The number of benzene rings is 2. The van der Waals surface area contributed by atoms with Crippen LogP contribution >= 0.6 is 11.3 Å². The summed E-state index contributed by atoms with van der Waals surface area (Å²) in [6.45, 7) is 2.38. The van der Waals surface area contributed by atoms with Crippen molar-refractivity contribution in [1.82, 2.24) is 4.98 Å². The molecule has 1 aliphatic rings. The van der Waals surface area contributed by atoms with Gasteiger partial charge in [-0.15, -0.1) is 0 Å². The van der Waals surface area contributed by atoms with Crippen molar-refractivity contribution < 1.29 is 14.5 Å². The first-order valence-electron chi connectivity index (χ1n) is 9.19. The van der Waals surface area contributed by atoms with Crippen LogP contribution in [0.3, 0.4) is 0 Å². The van der Waals surface area contributed by atoms with E-state index in [9.17, 15) is 19.7 Å². The molecule has 4 rings (SSSR count). The third kappa shape index (κ3) is 3.81. The number of amides is 2. The van der Waals surface area contributed by atoms with Gasteiger partial charge in [0, 0.05) is 30.8 Å². The zero-order chi connectivity index (χ0) is 20.5. The van der Waals surface area contributed by atoms with Crippen LogP contribution in [0.15, 0.2) is 42.5 Å². The summed E-state index contributed by atoms with van der Waals surface area (Å²) in [5.74, 6) is -0.844. The molecule has 0 saturated carbocycles. The highest BCUT2D eigenvalue weighted by Crippen LogP contribution is 2.31. The molecule has 2 heterocycles. The second-order valence-electron chi connectivity index (χ2n) is 6.84. The fourth-order valence-electron chi connectivity index (χ4n) is 3.33. The van der Waals surface area contributed by atoms with E-state index in [0.717, 1.165) is 12.1 Å². The van der Waals surface area contributed by atoms with E-state index >= 15 is 0 Å². The summed E-state index contributed by atoms with van der Waals surface area (Å²) in [6, 6.07) is 12.1. The number of aryl methyl sites for hydroxylation is 1. The van der Waals surface area contributed by atoms with Gasteiger partial charge in [0.15, 0.2) is 5.13 Å². The van der Waals surface area contributed by atoms with Gasteiger partial charge in [0.25, 0.3) is 5.69 Å². The molecule has 1 atom stereocenters. The Morgan fingerprint density at radius 1 is 1.31 bits per heavy atom. The Kier molecular flexibility index (Phi) is 4.98. The van der Waals surface area contributed by atoms with E-state index < -0.39 is 10.8 Å². The summed E-state index contributed by atoms with van der Waals surface area (Å²) in [5, 5.41) is 14.0. The highest BCUT2D eigenvalue weighted by Gasteiger charge is 2.35. The molecule has 0 spiro atoms. The minimum absolute atomic E-state index is 0.0230. The van der Waals surface area contributed by atoms with Gasteiger partial charge in [-0.05, 0) is 30.2 Å². The highest BCUT2D eigenvalue weighted by atomic mass is 32.1. The molecule has 1 fully saturated rings. The number of nitro benzene ring substituents is 1. The number of hydrogen-bond acceptors (Lipinski definition) is 6. The minimum atomic E-state index is -0.477. The van der Waals surface area contributed by atoms with Crippen LogP contribution in [0, 0.1) is 16.0 Å². The van der Waals surface area contributed by atoms with Crippen molar-refractivity contribution in [3.8, 4) is 0 Å². The summed E-state index contributed by atoms with van der Waals surface area (Å²) in [4.78, 5) is 41.4. The van der Waals surface area contributed by atoms with Crippen LogP contribution in [0.5, 0.6) is 0 Å². The molecule has 2 aromatic carbocycles. The molecule has 1 aromatic heterocycles. The minimum Gasteiger partial charge on any atom is -0.312 e. The normalized spacial score (nSPS) is 16.4. The number of nitro groups is 1.